The number of nitrogens with one attached hydrogen (secondary N) is 1. The second kappa shape index (κ2) is 5.42. The van der Waals surface area contributed by atoms with Gasteiger partial charge in [0.15, 0.2) is 0 Å². The minimum absolute atomic E-state index is 0.167. The van der Waals surface area contributed by atoms with Crippen LogP contribution in [0.25, 0.3) is 5.69 Å². The minimum Gasteiger partial charge on any atom is -0.366 e. The number of hydrogen-bond donors (Lipinski definition) is 2. The molecule has 1 unspecified atom stereocenters. The second-order valence-electron chi connectivity index (χ2n) is 4.25. The Kier molecular flexibility index (Phi) is 3.87. The Bertz CT molecular complexity index is 608. The number of nitrogens with two attached hydrogens (primary N) is 1. The number of rotatable bonds is 4. The highest BCUT2D eigenvalue weighted by atomic mass is 35.5. The molecule has 0 fully saturated rings. The van der Waals surface area contributed by atoms with Gasteiger partial charge in [0.05, 0.1) is 17.4 Å². The van der Waals surface area contributed by atoms with Crippen molar-refractivity contribution in [3.63, 3.8) is 0 Å². The molecule has 2 rings (SSSR count). The van der Waals surface area contributed by atoms with Gasteiger partial charge in [0, 0.05) is 17.3 Å². The average molecular weight is 279 g/mol. The van der Waals surface area contributed by atoms with Crippen LogP contribution in [-0.4, -0.2) is 22.7 Å². The summed E-state index contributed by atoms with van der Waals surface area (Å²) in [5, 5.41) is 7.87. The lowest BCUT2D eigenvalue weighted by molar-refractivity contribution is 0.100. The third-order valence-electron chi connectivity index (χ3n) is 3.02. The van der Waals surface area contributed by atoms with Crippen LogP contribution in [0.5, 0.6) is 0 Å². The highest BCUT2D eigenvalue weighted by Gasteiger charge is 2.10. The van der Waals surface area contributed by atoms with Gasteiger partial charge in [-0.3, -0.25) is 4.79 Å². The van der Waals surface area contributed by atoms with Crippen LogP contribution in [0.3, 0.4) is 0 Å². The van der Waals surface area contributed by atoms with Gasteiger partial charge in [0.25, 0.3) is 5.91 Å². The van der Waals surface area contributed by atoms with E-state index in [9.17, 15) is 4.79 Å². The first-order valence-electron chi connectivity index (χ1n) is 5.84. The average Bonchev–Trinajstić information content (AvgIpc) is 2.87. The Morgan fingerprint density at radius 1 is 1.53 bits per heavy atom. The summed E-state index contributed by atoms with van der Waals surface area (Å²) < 4.78 is 1.57. The highest BCUT2D eigenvalue weighted by molar-refractivity contribution is 6.31. The second-order valence-corrected chi connectivity index (χ2v) is 4.66. The lowest BCUT2D eigenvalue weighted by atomic mass is 10.1. The Labute approximate surface area is 116 Å². The number of nitrogens with zero attached hydrogens (tertiary/aromatic N) is 2. The normalized spacial score (nSPS) is 12.4. The molecule has 1 aromatic heterocycles. The maximum absolute atomic E-state index is 11.0. The van der Waals surface area contributed by atoms with Crippen LogP contribution in [-0.2, 0) is 0 Å². The SMILES string of the molecule is CNC(C)c1ccc(-n2cc(C(N)=O)cn2)cc1Cl. The van der Waals surface area contributed by atoms with E-state index in [1.807, 2.05) is 32.2 Å². The Morgan fingerprint density at radius 3 is 2.79 bits per heavy atom. The van der Waals surface area contributed by atoms with Gasteiger partial charge in [-0.1, -0.05) is 17.7 Å². The molecule has 19 heavy (non-hydrogen) atoms. The predicted molar refractivity (Wildman–Crippen MR) is 74.6 cm³/mol. The zero-order valence-electron chi connectivity index (χ0n) is 10.7. The van der Waals surface area contributed by atoms with Crippen LogP contribution in [0.1, 0.15) is 28.9 Å². The molecule has 0 aliphatic carbocycles. The van der Waals surface area contributed by atoms with Crippen molar-refractivity contribution >= 4 is 17.5 Å². The zero-order valence-corrected chi connectivity index (χ0v) is 11.5. The van der Waals surface area contributed by atoms with Gasteiger partial charge < -0.3 is 11.1 Å². The molecule has 100 valence electrons. The molecule has 1 amide bonds. The van der Waals surface area contributed by atoms with E-state index >= 15 is 0 Å². The molecule has 3 N–H and O–H groups in total. The molecule has 0 aliphatic heterocycles. The number of amides is 1. The molecule has 0 saturated carbocycles. The standard InChI is InChI=1S/C13H15ClN4O/c1-8(16-2)11-4-3-10(5-12(11)14)18-7-9(6-17-18)13(15)19/h3-8,16H,1-2H3,(H2,15,19). The van der Waals surface area contributed by atoms with Crippen molar-refractivity contribution in [2.75, 3.05) is 7.05 Å². The summed E-state index contributed by atoms with van der Waals surface area (Å²) in [6.45, 7) is 2.03. The van der Waals surface area contributed by atoms with E-state index in [2.05, 4.69) is 10.4 Å². The Hall–Kier alpha value is -1.85. The third-order valence-corrected chi connectivity index (χ3v) is 3.34. The van der Waals surface area contributed by atoms with Crippen molar-refractivity contribution in [1.29, 1.82) is 0 Å². The number of benzene rings is 1. The summed E-state index contributed by atoms with van der Waals surface area (Å²) >= 11 is 6.25. The molecular formula is C13H15ClN4O. The number of carbonyl (C=O) groups is 1. The van der Waals surface area contributed by atoms with Crippen molar-refractivity contribution in [2.45, 2.75) is 13.0 Å². The molecule has 0 aliphatic rings. The van der Waals surface area contributed by atoms with E-state index in [4.69, 9.17) is 17.3 Å². The van der Waals surface area contributed by atoms with Crippen molar-refractivity contribution < 1.29 is 4.79 Å². The fourth-order valence-corrected chi connectivity index (χ4v) is 2.09. The molecule has 0 saturated heterocycles. The molecule has 2 aromatic rings. The van der Waals surface area contributed by atoms with Crippen molar-refractivity contribution in [1.82, 2.24) is 15.1 Å². The van der Waals surface area contributed by atoms with Gasteiger partial charge in [0.1, 0.15) is 0 Å². The summed E-state index contributed by atoms with van der Waals surface area (Å²) in [6.07, 6.45) is 3.01. The number of halogens is 1. The lowest BCUT2D eigenvalue weighted by Gasteiger charge is -2.13. The summed E-state index contributed by atoms with van der Waals surface area (Å²) in [7, 11) is 1.88. The van der Waals surface area contributed by atoms with Crippen LogP contribution in [0.4, 0.5) is 0 Å². The molecule has 0 bridgehead atoms. The van der Waals surface area contributed by atoms with Crippen molar-refractivity contribution in [3.05, 3.63) is 46.7 Å². The van der Waals surface area contributed by atoms with Gasteiger partial charge in [-0.25, -0.2) is 4.68 Å². The molecule has 1 heterocycles. The summed E-state index contributed by atoms with van der Waals surface area (Å²) in [5.74, 6) is -0.502. The predicted octanol–water partition coefficient (Wildman–Crippen LogP) is 1.90. The fraction of sp³-hybridized carbons (Fsp3) is 0.231. The van der Waals surface area contributed by atoms with Gasteiger partial charge in [0.2, 0.25) is 0 Å². The summed E-state index contributed by atoms with van der Waals surface area (Å²) in [5.41, 5.74) is 7.35. The number of primary amides is 1. The van der Waals surface area contributed by atoms with E-state index in [0.717, 1.165) is 11.3 Å². The molecule has 0 spiro atoms. The highest BCUT2D eigenvalue weighted by Crippen LogP contribution is 2.25. The largest absolute Gasteiger partial charge is 0.366 e. The van der Waals surface area contributed by atoms with Gasteiger partial charge in [-0.15, -0.1) is 0 Å². The maximum Gasteiger partial charge on any atom is 0.251 e. The smallest absolute Gasteiger partial charge is 0.251 e. The topological polar surface area (TPSA) is 72.9 Å². The minimum atomic E-state index is -0.502. The quantitative estimate of drug-likeness (QED) is 0.897. The van der Waals surface area contributed by atoms with Gasteiger partial charge >= 0.3 is 0 Å². The number of carbonyl (C=O) groups excluding carboxylic acids is 1. The third kappa shape index (κ3) is 2.77. The number of hydrogen-bond acceptors (Lipinski definition) is 3. The fourth-order valence-electron chi connectivity index (χ4n) is 1.76. The summed E-state index contributed by atoms with van der Waals surface area (Å²) in [4.78, 5) is 11.0. The van der Waals surface area contributed by atoms with Crippen LogP contribution < -0.4 is 11.1 Å². The maximum atomic E-state index is 11.0. The molecule has 0 radical (unpaired) electrons. The van der Waals surface area contributed by atoms with E-state index in [-0.39, 0.29) is 6.04 Å². The molecule has 1 aromatic carbocycles. The molecule has 1 atom stereocenters. The van der Waals surface area contributed by atoms with Crippen LogP contribution in [0.2, 0.25) is 5.02 Å². The summed E-state index contributed by atoms with van der Waals surface area (Å²) in [6, 6.07) is 5.81. The van der Waals surface area contributed by atoms with E-state index in [1.165, 1.54) is 6.20 Å². The Balaban J connectivity index is 2.35. The zero-order chi connectivity index (χ0) is 14.0. The molecular weight excluding hydrogens is 264 g/mol. The van der Waals surface area contributed by atoms with Crippen molar-refractivity contribution in [2.24, 2.45) is 5.73 Å². The van der Waals surface area contributed by atoms with Crippen LogP contribution in [0.15, 0.2) is 30.6 Å². The van der Waals surface area contributed by atoms with E-state index in [1.54, 1.807) is 10.9 Å². The van der Waals surface area contributed by atoms with Crippen LogP contribution >= 0.6 is 11.6 Å². The molecule has 5 nitrogen and oxygen atoms in total. The Morgan fingerprint density at radius 2 is 2.26 bits per heavy atom. The lowest BCUT2D eigenvalue weighted by Crippen LogP contribution is -2.13. The van der Waals surface area contributed by atoms with Crippen molar-refractivity contribution in [3.8, 4) is 5.69 Å². The monoisotopic (exact) mass is 278 g/mol. The van der Waals surface area contributed by atoms with Gasteiger partial charge in [-0.05, 0) is 31.7 Å². The first-order valence-corrected chi connectivity index (χ1v) is 6.22. The van der Waals surface area contributed by atoms with Gasteiger partial charge in [-0.2, -0.15) is 5.10 Å². The first-order chi connectivity index (χ1) is 9.02. The van der Waals surface area contributed by atoms with E-state index in [0.29, 0.717) is 10.6 Å². The van der Waals surface area contributed by atoms with Crippen LogP contribution in [0, 0.1) is 0 Å². The first kappa shape index (κ1) is 13.6. The molecule has 6 heteroatoms. The van der Waals surface area contributed by atoms with E-state index < -0.39 is 5.91 Å². The number of aromatic nitrogens is 2.